The maximum absolute atomic E-state index is 12.4. The molecule has 2 aromatic carbocycles. The lowest BCUT2D eigenvalue weighted by Gasteiger charge is -2.07. The number of carbonyl (C=O) groups excluding carboxylic acids is 1. The second kappa shape index (κ2) is 7.21. The van der Waals surface area contributed by atoms with E-state index in [1.165, 1.54) is 11.6 Å². The van der Waals surface area contributed by atoms with Crippen molar-refractivity contribution in [2.75, 3.05) is 11.9 Å². The van der Waals surface area contributed by atoms with Crippen LogP contribution in [0, 0.1) is 0 Å². The molecule has 128 valence electrons. The zero-order valence-corrected chi connectivity index (χ0v) is 14.2. The molecular formula is C20H19NO4. The highest BCUT2D eigenvalue weighted by atomic mass is 16.5. The number of hydrogen-bond acceptors (Lipinski definition) is 4. The average molecular weight is 337 g/mol. The van der Waals surface area contributed by atoms with Crippen LogP contribution in [0.5, 0.6) is 5.75 Å². The Morgan fingerprint density at radius 1 is 1.08 bits per heavy atom. The summed E-state index contributed by atoms with van der Waals surface area (Å²) in [5.74, 6) is 0.125. The standard InChI is InChI=1S/C20H19NO4/c1-3-13-5-8-15(9-6-13)21-19(22)17-11-14-7-10-16(24-4-2)12-18(14)25-20(17)23/h5-12H,3-4H2,1-2H3,(H,21,22). The molecule has 0 spiro atoms. The molecule has 0 saturated carbocycles. The van der Waals surface area contributed by atoms with Gasteiger partial charge in [-0.2, -0.15) is 0 Å². The van der Waals surface area contributed by atoms with Crippen molar-refractivity contribution >= 4 is 22.6 Å². The van der Waals surface area contributed by atoms with Crippen LogP contribution in [-0.2, 0) is 6.42 Å². The molecule has 0 radical (unpaired) electrons. The minimum absolute atomic E-state index is 0.0313. The van der Waals surface area contributed by atoms with Crippen molar-refractivity contribution in [2.45, 2.75) is 20.3 Å². The average Bonchev–Trinajstić information content (AvgIpc) is 2.62. The molecule has 0 aliphatic carbocycles. The van der Waals surface area contributed by atoms with Gasteiger partial charge in [0.15, 0.2) is 0 Å². The van der Waals surface area contributed by atoms with Gasteiger partial charge in [-0.1, -0.05) is 19.1 Å². The van der Waals surface area contributed by atoms with Gasteiger partial charge < -0.3 is 14.5 Å². The smallest absolute Gasteiger partial charge is 0.349 e. The topological polar surface area (TPSA) is 68.5 Å². The Kier molecular flexibility index (Phi) is 4.84. The molecule has 3 rings (SSSR count). The maximum atomic E-state index is 12.4. The monoisotopic (exact) mass is 337 g/mol. The predicted octanol–water partition coefficient (Wildman–Crippen LogP) is 4.01. The van der Waals surface area contributed by atoms with Gasteiger partial charge in [0.2, 0.25) is 0 Å². The van der Waals surface area contributed by atoms with Crippen molar-refractivity contribution < 1.29 is 13.9 Å². The van der Waals surface area contributed by atoms with Gasteiger partial charge in [0.1, 0.15) is 16.9 Å². The van der Waals surface area contributed by atoms with Gasteiger partial charge in [-0.3, -0.25) is 4.79 Å². The number of fused-ring (bicyclic) bond motifs is 1. The van der Waals surface area contributed by atoms with E-state index in [9.17, 15) is 9.59 Å². The minimum atomic E-state index is -0.677. The normalized spacial score (nSPS) is 10.6. The molecule has 0 saturated heterocycles. The molecule has 0 aliphatic heterocycles. The molecule has 1 aromatic heterocycles. The van der Waals surface area contributed by atoms with Gasteiger partial charge in [0, 0.05) is 17.1 Å². The van der Waals surface area contributed by atoms with Crippen LogP contribution in [0.3, 0.4) is 0 Å². The summed E-state index contributed by atoms with van der Waals surface area (Å²) >= 11 is 0. The number of ether oxygens (including phenoxy) is 1. The first-order valence-electron chi connectivity index (χ1n) is 8.21. The largest absolute Gasteiger partial charge is 0.494 e. The number of benzene rings is 2. The lowest BCUT2D eigenvalue weighted by molar-refractivity contribution is 0.102. The molecule has 1 heterocycles. The van der Waals surface area contributed by atoms with Crippen LogP contribution in [0.1, 0.15) is 29.8 Å². The molecule has 1 N–H and O–H groups in total. The summed E-state index contributed by atoms with van der Waals surface area (Å²) in [6, 6.07) is 14.2. The van der Waals surface area contributed by atoms with Crippen LogP contribution in [0.25, 0.3) is 11.0 Å². The quantitative estimate of drug-likeness (QED) is 0.714. The predicted molar refractivity (Wildman–Crippen MR) is 97.4 cm³/mol. The Hall–Kier alpha value is -3.08. The van der Waals surface area contributed by atoms with Gasteiger partial charge in [-0.25, -0.2) is 4.79 Å². The molecule has 5 nitrogen and oxygen atoms in total. The SMILES string of the molecule is CCOc1ccc2cc(C(=O)Nc3ccc(CC)cc3)c(=O)oc2c1. The first-order chi connectivity index (χ1) is 12.1. The third kappa shape index (κ3) is 3.71. The first kappa shape index (κ1) is 16.8. The van der Waals surface area contributed by atoms with E-state index in [1.54, 1.807) is 18.2 Å². The molecule has 3 aromatic rings. The van der Waals surface area contributed by atoms with Crippen molar-refractivity contribution in [1.82, 2.24) is 0 Å². The fourth-order valence-electron chi connectivity index (χ4n) is 2.53. The van der Waals surface area contributed by atoms with Crippen molar-refractivity contribution in [3.63, 3.8) is 0 Å². The summed E-state index contributed by atoms with van der Waals surface area (Å²) in [6.07, 6.45) is 0.923. The van der Waals surface area contributed by atoms with E-state index in [-0.39, 0.29) is 5.56 Å². The van der Waals surface area contributed by atoms with Gasteiger partial charge in [-0.05, 0) is 49.2 Å². The van der Waals surface area contributed by atoms with Crippen molar-refractivity contribution in [1.29, 1.82) is 0 Å². The highest BCUT2D eigenvalue weighted by Crippen LogP contribution is 2.21. The summed E-state index contributed by atoms with van der Waals surface area (Å²) in [5.41, 5.74) is 1.49. The fraction of sp³-hybridized carbons (Fsp3) is 0.200. The lowest BCUT2D eigenvalue weighted by Crippen LogP contribution is -2.20. The maximum Gasteiger partial charge on any atom is 0.349 e. The fourth-order valence-corrected chi connectivity index (χ4v) is 2.53. The van der Waals surface area contributed by atoms with Crippen LogP contribution in [-0.4, -0.2) is 12.5 Å². The summed E-state index contributed by atoms with van der Waals surface area (Å²) in [7, 11) is 0. The Bertz CT molecular complexity index is 958. The first-order valence-corrected chi connectivity index (χ1v) is 8.21. The Balaban J connectivity index is 1.88. The van der Waals surface area contributed by atoms with Crippen LogP contribution in [0.4, 0.5) is 5.69 Å². The summed E-state index contributed by atoms with van der Waals surface area (Å²) < 4.78 is 10.7. The minimum Gasteiger partial charge on any atom is -0.494 e. The highest BCUT2D eigenvalue weighted by Gasteiger charge is 2.14. The molecule has 5 heteroatoms. The van der Waals surface area contributed by atoms with Crippen LogP contribution in [0.15, 0.2) is 57.7 Å². The zero-order chi connectivity index (χ0) is 17.8. The van der Waals surface area contributed by atoms with Crippen LogP contribution in [0.2, 0.25) is 0 Å². The van der Waals surface area contributed by atoms with E-state index in [1.807, 2.05) is 31.2 Å². The van der Waals surface area contributed by atoms with Crippen LogP contribution >= 0.6 is 0 Å². The summed E-state index contributed by atoms with van der Waals surface area (Å²) in [6.45, 7) is 4.46. The molecular weight excluding hydrogens is 318 g/mol. The number of amides is 1. The Morgan fingerprint density at radius 2 is 1.84 bits per heavy atom. The number of anilines is 1. The zero-order valence-electron chi connectivity index (χ0n) is 14.2. The lowest BCUT2D eigenvalue weighted by atomic mass is 10.1. The third-order valence-corrected chi connectivity index (χ3v) is 3.88. The molecule has 0 atom stereocenters. The van der Waals surface area contributed by atoms with E-state index >= 15 is 0 Å². The molecule has 0 fully saturated rings. The van der Waals surface area contributed by atoms with Crippen molar-refractivity contribution in [3.8, 4) is 5.75 Å². The summed E-state index contributed by atoms with van der Waals surface area (Å²) in [5, 5.41) is 3.38. The second-order valence-corrected chi connectivity index (χ2v) is 5.58. The molecule has 0 aliphatic rings. The van der Waals surface area contributed by atoms with Gasteiger partial charge in [0.25, 0.3) is 5.91 Å². The Labute approximate surface area is 145 Å². The number of rotatable bonds is 5. The highest BCUT2D eigenvalue weighted by molar-refractivity contribution is 6.05. The number of aryl methyl sites for hydroxylation is 1. The third-order valence-electron chi connectivity index (χ3n) is 3.88. The van der Waals surface area contributed by atoms with Crippen molar-refractivity contribution in [3.05, 3.63) is 70.1 Å². The second-order valence-electron chi connectivity index (χ2n) is 5.58. The summed E-state index contributed by atoms with van der Waals surface area (Å²) in [4.78, 5) is 24.6. The van der Waals surface area contributed by atoms with Gasteiger partial charge in [0.05, 0.1) is 6.61 Å². The van der Waals surface area contributed by atoms with E-state index < -0.39 is 11.5 Å². The van der Waals surface area contributed by atoms with Gasteiger partial charge >= 0.3 is 5.63 Å². The van der Waals surface area contributed by atoms with E-state index in [4.69, 9.17) is 9.15 Å². The van der Waals surface area contributed by atoms with Crippen molar-refractivity contribution in [2.24, 2.45) is 0 Å². The molecule has 0 unspecified atom stereocenters. The van der Waals surface area contributed by atoms with Crippen LogP contribution < -0.4 is 15.7 Å². The Morgan fingerprint density at radius 3 is 2.52 bits per heavy atom. The number of hydrogen-bond donors (Lipinski definition) is 1. The number of nitrogens with one attached hydrogen (secondary N) is 1. The molecule has 0 bridgehead atoms. The van der Waals surface area contributed by atoms with E-state index in [0.717, 1.165) is 6.42 Å². The molecule has 1 amide bonds. The number of carbonyl (C=O) groups is 1. The molecule has 25 heavy (non-hydrogen) atoms. The van der Waals surface area contributed by atoms with E-state index in [0.29, 0.717) is 29.0 Å². The van der Waals surface area contributed by atoms with Gasteiger partial charge in [-0.15, -0.1) is 0 Å². The van der Waals surface area contributed by atoms with E-state index in [2.05, 4.69) is 12.2 Å².